The van der Waals surface area contributed by atoms with Crippen molar-refractivity contribution in [1.82, 2.24) is 10.2 Å². The van der Waals surface area contributed by atoms with Crippen LogP contribution in [0, 0.1) is 0 Å². The molecule has 1 rings (SSSR count). The normalized spacial score (nSPS) is 11.4. The SMILES string of the molecule is CC(=O)NCCN(C(=O)c1ccc(C(N)=O)cc1)C(C)C(=O)O. The highest BCUT2D eigenvalue weighted by Gasteiger charge is 2.26. The third kappa shape index (κ3) is 5.10. The van der Waals surface area contributed by atoms with Gasteiger partial charge in [-0.15, -0.1) is 0 Å². The topological polar surface area (TPSA) is 130 Å². The molecular formula is C15H19N3O5. The molecule has 0 bridgehead atoms. The second-order valence-electron chi connectivity index (χ2n) is 4.94. The number of rotatable bonds is 7. The second kappa shape index (κ2) is 7.92. The average Bonchev–Trinajstić information content (AvgIpc) is 2.50. The number of aliphatic carboxylic acids is 1. The van der Waals surface area contributed by atoms with Crippen LogP contribution in [0.1, 0.15) is 34.6 Å². The van der Waals surface area contributed by atoms with Crippen LogP contribution in [0.3, 0.4) is 0 Å². The van der Waals surface area contributed by atoms with E-state index >= 15 is 0 Å². The molecule has 0 fully saturated rings. The van der Waals surface area contributed by atoms with Crippen molar-refractivity contribution in [1.29, 1.82) is 0 Å². The van der Waals surface area contributed by atoms with Crippen molar-refractivity contribution in [2.24, 2.45) is 5.73 Å². The molecule has 1 unspecified atom stereocenters. The lowest BCUT2D eigenvalue weighted by Gasteiger charge is -2.26. The van der Waals surface area contributed by atoms with Crippen molar-refractivity contribution in [2.45, 2.75) is 19.9 Å². The van der Waals surface area contributed by atoms with Gasteiger partial charge in [-0.3, -0.25) is 14.4 Å². The molecule has 0 spiro atoms. The minimum Gasteiger partial charge on any atom is -0.480 e. The maximum Gasteiger partial charge on any atom is 0.326 e. The Hall–Kier alpha value is -2.90. The maximum atomic E-state index is 12.5. The number of hydrogen-bond donors (Lipinski definition) is 3. The van der Waals surface area contributed by atoms with E-state index < -0.39 is 23.8 Å². The van der Waals surface area contributed by atoms with Crippen LogP contribution in [0.2, 0.25) is 0 Å². The lowest BCUT2D eigenvalue weighted by atomic mass is 10.1. The number of carbonyl (C=O) groups is 4. The zero-order chi connectivity index (χ0) is 17.6. The van der Waals surface area contributed by atoms with Gasteiger partial charge in [-0.1, -0.05) is 0 Å². The fraction of sp³-hybridized carbons (Fsp3) is 0.333. The van der Waals surface area contributed by atoms with Crippen LogP contribution in [0.4, 0.5) is 0 Å². The zero-order valence-corrected chi connectivity index (χ0v) is 12.9. The van der Waals surface area contributed by atoms with Crippen molar-refractivity contribution in [3.05, 3.63) is 35.4 Å². The van der Waals surface area contributed by atoms with Gasteiger partial charge in [0.1, 0.15) is 6.04 Å². The lowest BCUT2D eigenvalue weighted by Crippen LogP contribution is -2.46. The van der Waals surface area contributed by atoms with Crippen LogP contribution in [0.5, 0.6) is 0 Å². The fourth-order valence-corrected chi connectivity index (χ4v) is 1.90. The molecule has 1 aromatic carbocycles. The molecule has 0 heterocycles. The van der Waals surface area contributed by atoms with Gasteiger partial charge in [0.25, 0.3) is 5.91 Å². The number of carboxylic acid groups (broad SMARTS) is 1. The molecule has 0 saturated heterocycles. The van der Waals surface area contributed by atoms with E-state index in [9.17, 15) is 19.2 Å². The van der Waals surface area contributed by atoms with E-state index in [4.69, 9.17) is 10.8 Å². The monoisotopic (exact) mass is 321 g/mol. The number of nitrogens with one attached hydrogen (secondary N) is 1. The molecule has 0 saturated carbocycles. The summed E-state index contributed by atoms with van der Waals surface area (Å²) < 4.78 is 0. The van der Waals surface area contributed by atoms with Crippen LogP contribution in [-0.4, -0.2) is 52.8 Å². The van der Waals surface area contributed by atoms with Gasteiger partial charge < -0.3 is 21.1 Å². The summed E-state index contributed by atoms with van der Waals surface area (Å²) in [7, 11) is 0. The minimum atomic E-state index is -1.16. The molecule has 0 aliphatic rings. The number of hydrogen-bond acceptors (Lipinski definition) is 4. The first-order chi connectivity index (χ1) is 10.7. The number of benzene rings is 1. The Bertz CT molecular complexity index is 612. The number of carboxylic acids is 1. The molecule has 124 valence electrons. The smallest absolute Gasteiger partial charge is 0.326 e. The van der Waals surface area contributed by atoms with Crippen LogP contribution in [0.25, 0.3) is 0 Å². The summed E-state index contributed by atoms with van der Waals surface area (Å²) in [4.78, 5) is 46.7. The first-order valence-electron chi connectivity index (χ1n) is 6.92. The number of amides is 3. The Morgan fingerprint density at radius 2 is 1.70 bits per heavy atom. The minimum absolute atomic E-state index is 0.0451. The summed E-state index contributed by atoms with van der Waals surface area (Å²) in [5.74, 6) is -2.56. The fourth-order valence-electron chi connectivity index (χ4n) is 1.90. The predicted molar refractivity (Wildman–Crippen MR) is 81.8 cm³/mol. The van der Waals surface area contributed by atoms with Crippen molar-refractivity contribution in [3.63, 3.8) is 0 Å². The Morgan fingerprint density at radius 3 is 2.13 bits per heavy atom. The predicted octanol–water partition coefficient (Wildman–Crippen LogP) is -0.163. The average molecular weight is 321 g/mol. The lowest BCUT2D eigenvalue weighted by molar-refractivity contribution is -0.141. The van der Waals surface area contributed by atoms with Crippen molar-refractivity contribution >= 4 is 23.7 Å². The van der Waals surface area contributed by atoms with Gasteiger partial charge >= 0.3 is 5.97 Å². The Labute approximate surface area is 133 Å². The van der Waals surface area contributed by atoms with Gasteiger partial charge in [0.2, 0.25) is 11.8 Å². The molecular weight excluding hydrogens is 302 g/mol. The van der Waals surface area contributed by atoms with E-state index in [1.165, 1.54) is 38.1 Å². The van der Waals surface area contributed by atoms with E-state index in [-0.39, 0.29) is 30.1 Å². The van der Waals surface area contributed by atoms with E-state index in [0.717, 1.165) is 4.90 Å². The molecule has 23 heavy (non-hydrogen) atoms. The molecule has 0 aromatic heterocycles. The Morgan fingerprint density at radius 1 is 1.17 bits per heavy atom. The molecule has 1 atom stereocenters. The largest absolute Gasteiger partial charge is 0.480 e. The van der Waals surface area contributed by atoms with Crippen LogP contribution in [-0.2, 0) is 9.59 Å². The van der Waals surface area contributed by atoms with Gasteiger partial charge in [-0.2, -0.15) is 0 Å². The highest BCUT2D eigenvalue weighted by Crippen LogP contribution is 2.10. The van der Waals surface area contributed by atoms with Gasteiger partial charge in [-0.25, -0.2) is 4.79 Å². The van der Waals surface area contributed by atoms with Crippen molar-refractivity contribution < 1.29 is 24.3 Å². The van der Waals surface area contributed by atoms with Gasteiger partial charge in [0, 0.05) is 31.1 Å². The maximum absolute atomic E-state index is 12.5. The summed E-state index contributed by atoms with van der Waals surface area (Å²) >= 11 is 0. The summed E-state index contributed by atoms with van der Waals surface area (Å²) in [6, 6.07) is 4.54. The molecule has 3 amide bonds. The molecule has 0 aliphatic carbocycles. The van der Waals surface area contributed by atoms with E-state index in [0.29, 0.717) is 0 Å². The molecule has 8 heteroatoms. The summed E-state index contributed by atoms with van der Waals surface area (Å²) in [5, 5.41) is 11.6. The highest BCUT2D eigenvalue weighted by atomic mass is 16.4. The van der Waals surface area contributed by atoms with Gasteiger partial charge in [0.15, 0.2) is 0 Å². The van der Waals surface area contributed by atoms with Crippen molar-refractivity contribution in [3.8, 4) is 0 Å². The van der Waals surface area contributed by atoms with E-state index in [1.54, 1.807) is 0 Å². The molecule has 1 aromatic rings. The number of carbonyl (C=O) groups excluding carboxylic acids is 3. The molecule has 4 N–H and O–H groups in total. The third-order valence-corrected chi connectivity index (χ3v) is 3.23. The summed E-state index contributed by atoms with van der Waals surface area (Å²) in [6.45, 7) is 2.89. The van der Waals surface area contributed by atoms with Crippen LogP contribution >= 0.6 is 0 Å². The molecule has 8 nitrogen and oxygen atoms in total. The van der Waals surface area contributed by atoms with Crippen LogP contribution < -0.4 is 11.1 Å². The number of primary amides is 1. The van der Waals surface area contributed by atoms with E-state index in [1.807, 2.05) is 0 Å². The quantitative estimate of drug-likeness (QED) is 0.642. The third-order valence-electron chi connectivity index (χ3n) is 3.23. The van der Waals surface area contributed by atoms with Crippen LogP contribution in [0.15, 0.2) is 24.3 Å². The van der Waals surface area contributed by atoms with Gasteiger partial charge in [0.05, 0.1) is 0 Å². The molecule has 0 radical (unpaired) electrons. The highest BCUT2D eigenvalue weighted by molar-refractivity contribution is 5.98. The van der Waals surface area contributed by atoms with Crippen molar-refractivity contribution in [2.75, 3.05) is 13.1 Å². The first kappa shape index (κ1) is 18.1. The number of nitrogens with two attached hydrogens (primary N) is 1. The molecule has 0 aliphatic heterocycles. The zero-order valence-electron chi connectivity index (χ0n) is 12.9. The number of nitrogens with zero attached hydrogens (tertiary/aromatic N) is 1. The second-order valence-corrected chi connectivity index (χ2v) is 4.94. The van der Waals surface area contributed by atoms with E-state index in [2.05, 4.69) is 5.32 Å². The Kier molecular flexibility index (Phi) is 6.25. The van der Waals surface area contributed by atoms with Gasteiger partial charge in [-0.05, 0) is 31.2 Å². The first-order valence-corrected chi connectivity index (χ1v) is 6.92. The Balaban J connectivity index is 2.95. The summed E-state index contributed by atoms with van der Waals surface area (Å²) in [5.41, 5.74) is 5.61. The summed E-state index contributed by atoms with van der Waals surface area (Å²) in [6.07, 6.45) is 0. The standard InChI is InChI=1S/C15H19N3O5/c1-9(15(22)23)18(8-7-17-10(2)19)14(21)12-5-3-11(4-6-12)13(16)20/h3-6,9H,7-8H2,1-2H3,(H2,16,20)(H,17,19)(H,22,23).